The largest absolute Gasteiger partial charge is 0.507 e. The second-order valence-corrected chi connectivity index (χ2v) is 9.02. The Kier molecular flexibility index (Phi) is 10.5. The number of aromatic hydroxyl groups is 1. The van der Waals surface area contributed by atoms with Gasteiger partial charge in [-0.3, -0.25) is 14.6 Å². The molecule has 0 aliphatic rings. The minimum atomic E-state index is -0.181. The van der Waals surface area contributed by atoms with Crippen LogP contribution >= 0.6 is 0 Å². The average molecular weight is 489 g/mol. The third-order valence-electron chi connectivity index (χ3n) is 6.10. The predicted molar refractivity (Wildman–Crippen MR) is 142 cm³/mol. The zero-order valence-electron chi connectivity index (χ0n) is 21.3. The first-order chi connectivity index (χ1) is 17.5. The molecule has 0 aliphatic carbocycles. The van der Waals surface area contributed by atoms with Crippen molar-refractivity contribution in [2.75, 3.05) is 6.54 Å². The molecule has 2 N–H and O–H groups in total. The number of ether oxygens (including phenoxy) is 1. The van der Waals surface area contributed by atoms with Crippen LogP contribution in [0, 0.1) is 0 Å². The van der Waals surface area contributed by atoms with Crippen LogP contribution in [0.4, 0.5) is 0 Å². The molecule has 6 nitrogen and oxygen atoms in total. The maximum absolute atomic E-state index is 12.6. The highest BCUT2D eigenvalue weighted by molar-refractivity contribution is 5.97. The number of pyridine rings is 1. The number of aryl methyl sites for hydroxylation is 1. The summed E-state index contributed by atoms with van der Waals surface area (Å²) in [5.74, 6) is 0.270. The molecule has 3 rings (SSSR count). The van der Waals surface area contributed by atoms with Crippen LogP contribution in [0.2, 0.25) is 0 Å². The number of rotatable bonds is 14. The Balaban J connectivity index is 1.46. The second-order valence-electron chi connectivity index (χ2n) is 9.02. The standard InChI is InChI=1S/C30H36N2O4/c1-3-10-27-28(16-15-26(22(2)33)29(27)34)36-21-24-12-8-14-25(19-24)30(35)32-18-7-5-4-6-11-23-13-9-17-31-20-23/h8-9,12-17,19-20,34H,3-7,10-11,18,21H2,1-2H3,(H,32,35). The molecule has 190 valence electrons. The van der Waals surface area contributed by atoms with E-state index in [9.17, 15) is 14.7 Å². The van der Waals surface area contributed by atoms with Crippen molar-refractivity contribution < 1.29 is 19.4 Å². The summed E-state index contributed by atoms with van der Waals surface area (Å²) in [6.07, 6.45) is 10.4. The first-order valence-corrected chi connectivity index (χ1v) is 12.7. The number of hydrogen-bond donors (Lipinski definition) is 2. The molecular formula is C30H36N2O4. The number of unbranched alkanes of at least 4 members (excludes halogenated alkanes) is 3. The van der Waals surface area contributed by atoms with Crippen LogP contribution in [-0.2, 0) is 19.4 Å². The van der Waals surface area contributed by atoms with Crippen molar-refractivity contribution in [2.45, 2.75) is 65.4 Å². The summed E-state index contributed by atoms with van der Waals surface area (Å²) in [4.78, 5) is 28.5. The SMILES string of the molecule is CCCc1c(OCc2cccc(C(=O)NCCCCCCc3cccnc3)c2)ccc(C(C)=O)c1O. The maximum atomic E-state index is 12.6. The molecule has 1 amide bonds. The summed E-state index contributed by atoms with van der Waals surface area (Å²) in [5.41, 5.74) is 3.66. The van der Waals surface area contributed by atoms with Gasteiger partial charge in [0.05, 0.1) is 5.56 Å². The third-order valence-corrected chi connectivity index (χ3v) is 6.10. The Bertz CT molecular complexity index is 1140. The number of nitrogens with zero attached hydrogens (tertiary/aromatic N) is 1. The number of carbonyl (C=O) groups excluding carboxylic acids is 2. The molecule has 0 aliphatic heterocycles. The molecule has 0 bridgehead atoms. The van der Waals surface area contributed by atoms with Crippen LogP contribution in [-0.4, -0.2) is 28.3 Å². The molecule has 0 atom stereocenters. The fourth-order valence-electron chi connectivity index (χ4n) is 4.15. The predicted octanol–water partition coefficient (Wildman–Crippen LogP) is 6.05. The number of aromatic nitrogens is 1. The molecule has 6 heteroatoms. The molecule has 0 radical (unpaired) electrons. The third kappa shape index (κ3) is 7.94. The van der Waals surface area contributed by atoms with Gasteiger partial charge in [0.1, 0.15) is 18.1 Å². The molecule has 0 saturated heterocycles. The van der Waals surface area contributed by atoms with Crippen molar-refractivity contribution >= 4 is 11.7 Å². The minimum absolute atomic E-state index is 0.00736. The Hall–Kier alpha value is -3.67. The molecular weight excluding hydrogens is 452 g/mol. The lowest BCUT2D eigenvalue weighted by Crippen LogP contribution is -2.24. The zero-order chi connectivity index (χ0) is 25.8. The van der Waals surface area contributed by atoms with Gasteiger partial charge < -0.3 is 15.2 Å². The van der Waals surface area contributed by atoms with Gasteiger partial charge in [0.2, 0.25) is 0 Å². The van der Waals surface area contributed by atoms with Crippen molar-refractivity contribution in [2.24, 2.45) is 0 Å². The summed E-state index contributed by atoms with van der Waals surface area (Å²) in [5, 5.41) is 13.5. The Morgan fingerprint density at radius 3 is 2.53 bits per heavy atom. The summed E-state index contributed by atoms with van der Waals surface area (Å²) in [6, 6.07) is 14.8. The monoisotopic (exact) mass is 488 g/mol. The van der Waals surface area contributed by atoms with Crippen LogP contribution in [0.3, 0.4) is 0 Å². The summed E-state index contributed by atoms with van der Waals surface area (Å²) < 4.78 is 5.99. The van der Waals surface area contributed by atoms with E-state index in [2.05, 4.69) is 16.4 Å². The number of carbonyl (C=O) groups is 2. The van der Waals surface area contributed by atoms with Gasteiger partial charge in [0, 0.05) is 30.1 Å². The van der Waals surface area contributed by atoms with Crippen molar-refractivity contribution in [1.82, 2.24) is 10.3 Å². The molecule has 1 aromatic heterocycles. The van der Waals surface area contributed by atoms with Crippen LogP contribution in [0.25, 0.3) is 0 Å². The van der Waals surface area contributed by atoms with Gasteiger partial charge in [-0.1, -0.05) is 44.4 Å². The van der Waals surface area contributed by atoms with E-state index in [-0.39, 0.29) is 24.0 Å². The summed E-state index contributed by atoms with van der Waals surface area (Å²) >= 11 is 0. The van der Waals surface area contributed by atoms with Crippen molar-refractivity contribution in [1.29, 1.82) is 0 Å². The van der Waals surface area contributed by atoms with Gasteiger partial charge in [-0.05, 0) is 74.1 Å². The van der Waals surface area contributed by atoms with Gasteiger partial charge in [0.15, 0.2) is 5.78 Å². The summed E-state index contributed by atoms with van der Waals surface area (Å²) in [6.45, 7) is 4.35. The van der Waals surface area contributed by atoms with Crippen LogP contribution in [0.15, 0.2) is 60.9 Å². The number of phenolic OH excluding ortho intramolecular Hbond substituents is 1. The van der Waals surface area contributed by atoms with Gasteiger partial charge in [-0.15, -0.1) is 0 Å². The number of ketones is 1. The van der Waals surface area contributed by atoms with Crippen LogP contribution in [0.5, 0.6) is 11.5 Å². The number of Topliss-reactive ketones (excluding diaryl/α,β-unsaturated/α-hetero) is 1. The van der Waals surface area contributed by atoms with Crippen molar-refractivity contribution in [3.63, 3.8) is 0 Å². The van der Waals surface area contributed by atoms with E-state index in [1.165, 1.54) is 12.5 Å². The Morgan fingerprint density at radius 2 is 1.78 bits per heavy atom. The first kappa shape index (κ1) is 26.9. The van der Waals surface area contributed by atoms with Gasteiger partial charge in [-0.2, -0.15) is 0 Å². The maximum Gasteiger partial charge on any atom is 0.251 e. The van der Waals surface area contributed by atoms with E-state index in [0.29, 0.717) is 35.4 Å². The lowest BCUT2D eigenvalue weighted by atomic mass is 10.0. The highest BCUT2D eigenvalue weighted by Crippen LogP contribution is 2.33. The number of hydrogen-bond acceptors (Lipinski definition) is 5. The van der Waals surface area contributed by atoms with E-state index >= 15 is 0 Å². The molecule has 3 aromatic rings. The highest BCUT2D eigenvalue weighted by Gasteiger charge is 2.16. The molecule has 0 unspecified atom stereocenters. The Labute approximate surface area is 213 Å². The molecule has 2 aromatic carbocycles. The fraction of sp³-hybridized carbons (Fsp3) is 0.367. The van der Waals surface area contributed by atoms with E-state index in [0.717, 1.165) is 44.1 Å². The summed E-state index contributed by atoms with van der Waals surface area (Å²) in [7, 11) is 0. The average Bonchev–Trinajstić information content (AvgIpc) is 2.89. The number of benzene rings is 2. The van der Waals surface area contributed by atoms with Crippen molar-refractivity contribution in [3.8, 4) is 11.5 Å². The lowest BCUT2D eigenvalue weighted by Gasteiger charge is -2.15. The molecule has 36 heavy (non-hydrogen) atoms. The first-order valence-electron chi connectivity index (χ1n) is 12.7. The smallest absolute Gasteiger partial charge is 0.251 e. The number of nitrogens with one attached hydrogen (secondary N) is 1. The van der Waals surface area contributed by atoms with E-state index < -0.39 is 0 Å². The van der Waals surface area contributed by atoms with Crippen LogP contribution < -0.4 is 10.1 Å². The lowest BCUT2D eigenvalue weighted by molar-refractivity contribution is 0.0951. The van der Waals surface area contributed by atoms with Gasteiger partial charge in [0.25, 0.3) is 5.91 Å². The quantitative estimate of drug-likeness (QED) is 0.213. The minimum Gasteiger partial charge on any atom is -0.507 e. The molecule has 1 heterocycles. The molecule has 0 fully saturated rings. The second kappa shape index (κ2) is 14.0. The zero-order valence-corrected chi connectivity index (χ0v) is 21.3. The van der Waals surface area contributed by atoms with Gasteiger partial charge in [-0.25, -0.2) is 0 Å². The highest BCUT2D eigenvalue weighted by atomic mass is 16.5. The van der Waals surface area contributed by atoms with E-state index in [4.69, 9.17) is 4.74 Å². The normalized spacial score (nSPS) is 10.7. The van der Waals surface area contributed by atoms with E-state index in [1.807, 2.05) is 37.4 Å². The molecule has 0 saturated carbocycles. The van der Waals surface area contributed by atoms with E-state index in [1.54, 1.807) is 24.4 Å². The topological polar surface area (TPSA) is 88.5 Å². The van der Waals surface area contributed by atoms with Gasteiger partial charge >= 0.3 is 0 Å². The molecule has 0 spiro atoms. The van der Waals surface area contributed by atoms with Crippen LogP contribution in [0.1, 0.15) is 83.4 Å². The fourth-order valence-corrected chi connectivity index (χ4v) is 4.15. The number of amides is 1. The number of phenols is 1. The van der Waals surface area contributed by atoms with Crippen molar-refractivity contribution in [3.05, 3.63) is 88.7 Å². The Morgan fingerprint density at radius 1 is 0.972 bits per heavy atom.